The Balaban J connectivity index is 1.63. The van der Waals surface area contributed by atoms with Gasteiger partial charge < -0.3 is 10.7 Å². The van der Waals surface area contributed by atoms with Crippen LogP contribution in [0.15, 0.2) is 64.1 Å². The van der Waals surface area contributed by atoms with E-state index in [2.05, 4.69) is 20.2 Å². The molecule has 118 valence electrons. The highest BCUT2D eigenvalue weighted by Gasteiger charge is 2.08. The molecule has 24 heavy (non-hydrogen) atoms. The Morgan fingerprint density at radius 2 is 1.75 bits per heavy atom. The summed E-state index contributed by atoms with van der Waals surface area (Å²) in [6.07, 6.45) is 0. The lowest BCUT2D eigenvalue weighted by atomic mass is 10.2. The Hall–Kier alpha value is -2.70. The molecule has 5 nitrogen and oxygen atoms in total. The van der Waals surface area contributed by atoms with Gasteiger partial charge in [0.1, 0.15) is 5.82 Å². The highest BCUT2D eigenvalue weighted by molar-refractivity contribution is 7.13. The number of H-pyrrole nitrogens is 1. The van der Waals surface area contributed by atoms with Gasteiger partial charge in [-0.2, -0.15) is 0 Å². The molecule has 2 aromatic heterocycles. The second-order valence-corrected chi connectivity index (χ2v) is 6.43. The average molecular weight is 354 g/mol. The molecule has 7 heteroatoms. The summed E-state index contributed by atoms with van der Waals surface area (Å²) < 4.78 is 0. The standard InChI is InChI=1S/C17H12ClN5S/c18-11-7-5-10(6-8-11)14-9-24-17(20-14)23-22-16-13-4-2-1-3-12(13)15(19)21-16/h1-9,21H,19H2/b23-22+. The van der Waals surface area contributed by atoms with Gasteiger partial charge in [-0.05, 0) is 12.1 Å². The maximum atomic E-state index is 5.96. The Morgan fingerprint density at radius 3 is 2.54 bits per heavy atom. The van der Waals surface area contributed by atoms with E-state index in [4.69, 9.17) is 17.3 Å². The van der Waals surface area contributed by atoms with Crippen molar-refractivity contribution in [2.45, 2.75) is 0 Å². The molecule has 0 bridgehead atoms. The van der Waals surface area contributed by atoms with E-state index in [9.17, 15) is 0 Å². The van der Waals surface area contributed by atoms with Crippen molar-refractivity contribution in [2.75, 3.05) is 5.73 Å². The van der Waals surface area contributed by atoms with Crippen LogP contribution in [0, 0.1) is 0 Å². The second-order valence-electron chi connectivity index (χ2n) is 5.16. The van der Waals surface area contributed by atoms with E-state index in [1.807, 2.05) is 53.9 Å². The van der Waals surface area contributed by atoms with Crippen molar-refractivity contribution >= 4 is 50.5 Å². The van der Waals surface area contributed by atoms with E-state index in [1.54, 1.807) is 0 Å². The van der Waals surface area contributed by atoms with E-state index < -0.39 is 0 Å². The number of hydrogen-bond acceptors (Lipinski definition) is 5. The van der Waals surface area contributed by atoms with Gasteiger partial charge in [0.2, 0.25) is 5.13 Å². The van der Waals surface area contributed by atoms with Gasteiger partial charge in [0.05, 0.1) is 5.69 Å². The van der Waals surface area contributed by atoms with Crippen LogP contribution >= 0.6 is 22.9 Å². The fraction of sp³-hybridized carbons (Fsp3) is 0. The molecule has 2 heterocycles. The van der Waals surface area contributed by atoms with Gasteiger partial charge in [-0.15, -0.1) is 21.6 Å². The van der Waals surface area contributed by atoms with Gasteiger partial charge >= 0.3 is 0 Å². The lowest BCUT2D eigenvalue weighted by Gasteiger charge is -1.95. The number of nitrogens with one attached hydrogen (secondary N) is 1. The number of hydrogen-bond donors (Lipinski definition) is 2. The summed E-state index contributed by atoms with van der Waals surface area (Å²) in [6.45, 7) is 0. The number of anilines is 1. The minimum atomic E-state index is 0.581. The fourth-order valence-corrected chi connectivity index (χ4v) is 3.19. The normalized spacial score (nSPS) is 11.5. The first-order chi connectivity index (χ1) is 11.7. The van der Waals surface area contributed by atoms with E-state index >= 15 is 0 Å². The minimum absolute atomic E-state index is 0.581. The lowest BCUT2D eigenvalue weighted by Crippen LogP contribution is -1.82. The number of benzene rings is 2. The molecule has 0 radical (unpaired) electrons. The topological polar surface area (TPSA) is 79.4 Å². The fourth-order valence-electron chi connectivity index (χ4n) is 2.42. The van der Waals surface area contributed by atoms with E-state index in [-0.39, 0.29) is 0 Å². The molecule has 0 fully saturated rings. The molecule has 0 aliphatic heterocycles. The molecule has 2 aromatic carbocycles. The van der Waals surface area contributed by atoms with Gasteiger partial charge in [-0.25, -0.2) is 4.98 Å². The number of rotatable bonds is 3. The molecule has 0 atom stereocenters. The minimum Gasteiger partial charge on any atom is -0.385 e. The summed E-state index contributed by atoms with van der Waals surface area (Å²) in [5, 5.41) is 13.6. The number of nitrogen functional groups attached to an aromatic ring is 1. The van der Waals surface area contributed by atoms with Crippen LogP contribution in [0.5, 0.6) is 0 Å². The number of azo groups is 1. The molecule has 3 N–H and O–H groups in total. The largest absolute Gasteiger partial charge is 0.385 e. The van der Waals surface area contributed by atoms with E-state index in [0.717, 1.165) is 22.0 Å². The maximum absolute atomic E-state index is 5.96. The van der Waals surface area contributed by atoms with Crippen molar-refractivity contribution in [1.29, 1.82) is 0 Å². The Labute approximate surface area is 146 Å². The quantitative estimate of drug-likeness (QED) is 0.447. The molecule has 4 rings (SSSR count). The van der Waals surface area contributed by atoms with Crippen LogP contribution in [0.2, 0.25) is 5.02 Å². The first-order valence-corrected chi connectivity index (χ1v) is 8.46. The number of fused-ring (bicyclic) bond motifs is 1. The lowest BCUT2D eigenvalue weighted by molar-refractivity contribution is 1.17. The first kappa shape index (κ1) is 14.9. The third kappa shape index (κ3) is 2.77. The first-order valence-electron chi connectivity index (χ1n) is 7.20. The van der Waals surface area contributed by atoms with Crippen molar-refractivity contribution < 1.29 is 0 Å². The molecule has 0 amide bonds. The zero-order valence-electron chi connectivity index (χ0n) is 12.4. The maximum Gasteiger partial charge on any atom is 0.230 e. The van der Waals surface area contributed by atoms with Crippen LogP contribution in [0.1, 0.15) is 0 Å². The zero-order valence-corrected chi connectivity index (χ0v) is 14.0. The summed E-state index contributed by atoms with van der Waals surface area (Å²) in [5.41, 5.74) is 7.80. The summed E-state index contributed by atoms with van der Waals surface area (Å²) >= 11 is 7.34. The highest BCUT2D eigenvalue weighted by Crippen LogP contribution is 2.33. The molecule has 0 aliphatic carbocycles. The van der Waals surface area contributed by atoms with Crippen LogP contribution in [0.25, 0.3) is 22.0 Å². The number of halogens is 1. The SMILES string of the molecule is Nc1[nH]c(/N=N/c2nc(-c3ccc(Cl)cc3)cs2)c2ccccc12. The van der Waals surface area contributed by atoms with Crippen LogP contribution in [0.4, 0.5) is 16.8 Å². The predicted molar refractivity (Wildman–Crippen MR) is 99.4 cm³/mol. The van der Waals surface area contributed by atoms with Gasteiger partial charge in [0.25, 0.3) is 0 Å². The van der Waals surface area contributed by atoms with E-state index in [0.29, 0.717) is 21.8 Å². The van der Waals surface area contributed by atoms with Gasteiger partial charge in [-0.1, -0.05) is 48.0 Å². The van der Waals surface area contributed by atoms with Crippen molar-refractivity contribution in [1.82, 2.24) is 9.97 Å². The molecule has 0 saturated heterocycles. The number of thiazole rings is 1. The number of aromatic amines is 1. The molecule has 0 spiro atoms. The molecule has 0 aliphatic rings. The van der Waals surface area contributed by atoms with Gasteiger partial charge in [0.15, 0.2) is 5.82 Å². The van der Waals surface area contributed by atoms with Gasteiger partial charge in [0, 0.05) is 26.7 Å². The predicted octanol–water partition coefficient (Wildman–Crippen LogP) is 5.94. The van der Waals surface area contributed by atoms with Crippen molar-refractivity contribution in [3.63, 3.8) is 0 Å². The number of aromatic nitrogens is 2. The molecule has 0 saturated carbocycles. The van der Waals surface area contributed by atoms with Gasteiger partial charge in [-0.3, -0.25) is 0 Å². The summed E-state index contributed by atoms with van der Waals surface area (Å²) in [7, 11) is 0. The molecular weight excluding hydrogens is 342 g/mol. The number of nitrogens with two attached hydrogens (primary N) is 1. The smallest absolute Gasteiger partial charge is 0.230 e. The van der Waals surface area contributed by atoms with E-state index in [1.165, 1.54) is 11.3 Å². The Kier molecular flexibility index (Phi) is 3.76. The van der Waals surface area contributed by atoms with Crippen LogP contribution in [-0.4, -0.2) is 9.97 Å². The summed E-state index contributed by atoms with van der Waals surface area (Å²) in [6, 6.07) is 15.3. The van der Waals surface area contributed by atoms with Crippen molar-refractivity contribution in [3.05, 3.63) is 58.9 Å². The number of nitrogens with zero attached hydrogens (tertiary/aromatic N) is 3. The van der Waals surface area contributed by atoms with Crippen LogP contribution < -0.4 is 5.73 Å². The van der Waals surface area contributed by atoms with Crippen molar-refractivity contribution in [2.24, 2.45) is 10.2 Å². The molecular formula is C17H12ClN5S. The molecule has 0 unspecified atom stereocenters. The summed E-state index contributed by atoms with van der Waals surface area (Å²) in [4.78, 5) is 7.53. The van der Waals surface area contributed by atoms with Crippen LogP contribution in [-0.2, 0) is 0 Å². The zero-order chi connectivity index (χ0) is 16.5. The second kappa shape index (κ2) is 6.07. The average Bonchev–Trinajstić information content (AvgIpc) is 3.19. The monoisotopic (exact) mass is 353 g/mol. The highest BCUT2D eigenvalue weighted by atomic mass is 35.5. The van der Waals surface area contributed by atoms with Crippen LogP contribution in [0.3, 0.4) is 0 Å². The Morgan fingerprint density at radius 1 is 1.00 bits per heavy atom. The van der Waals surface area contributed by atoms with Crippen molar-refractivity contribution in [3.8, 4) is 11.3 Å². The third-order valence-corrected chi connectivity index (χ3v) is 4.57. The Bertz CT molecular complexity index is 1030. The molecule has 4 aromatic rings. The third-order valence-electron chi connectivity index (χ3n) is 3.59. The summed E-state index contributed by atoms with van der Waals surface area (Å²) in [5.74, 6) is 1.21.